The molecule has 1 aliphatic rings. The first-order valence-electron chi connectivity index (χ1n) is 12.4. The van der Waals surface area contributed by atoms with Crippen LogP contribution in [0.2, 0.25) is 0 Å². The predicted molar refractivity (Wildman–Crippen MR) is 137 cm³/mol. The molecule has 2 heterocycles. The molecule has 1 N–H and O–H groups in total. The van der Waals surface area contributed by atoms with Crippen LogP contribution in [0.25, 0.3) is 11.3 Å². The summed E-state index contributed by atoms with van der Waals surface area (Å²) in [5.74, 6) is -3.53. The van der Waals surface area contributed by atoms with Crippen molar-refractivity contribution in [3.63, 3.8) is 0 Å². The van der Waals surface area contributed by atoms with E-state index >= 15 is 0 Å². The second kappa shape index (κ2) is 12.8. The molecular formula is C28H27F4N3O5. The summed E-state index contributed by atoms with van der Waals surface area (Å²) in [6.07, 6.45) is 1.47. The second-order valence-corrected chi connectivity index (χ2v) is 9.17. The van der Waals surface area contributed by atoms with Crippen LogP contribution in [0.3, 0.4) is 0 Å². The van der Waals surface area contributed by atoms with Crippen LogP contribution in [0.5, 0.6) is 0 Å². The van der Waals surface area contributed by atoms with Gasteiger partial charge in [0.25, 0.3) is 0 Å². The van der Waals surface area contributed by atoms with Gasteiger partial charge in [-0.15, -0.1) is 0 Å². The average Bonchev–Trinajstić information content (AvgIpc) is 2.96. The number of aromatic carboxylic acids is 1. The molecule has 2 atom stereocenters. The topological polar surface area (TPSA) is 92.2 Å². The van der Waals surface area contributed by atoms with E-state index in [1.54, 1.807) is 17.0 Å². The summed E-state index contributed by atoms with van der Waals surface area (Å²) in [4.78, 5) is 32.5. The number of carboxylic acids is 1. The van der Waals surface area contributed by atoms with Gasteiger partial charge in [0.2, 0.25) is 0 Å². The SMILES string of the molecule is COC(=O)N(Cc1ccccc1)C1CCCN(c2cnc(-c3ccc(F)c(F)c3)cc2C(=O)O)C1COC(F)F. The molecule has 0 bridgehead atoms. The quantitative estimate of drug-likeness (QED) is 0.342. The van der Waals surface area contributed by atoms with Gasteiger partial charge in [-0.3, -0.25) is 9.88 Å². The van der Waals surface area contributed by atoms with Crippen LogP contribution in [0.15, 0.2) is 60.8 Å². The first-order chi connectivity index (χ1) is 19.2. The molecule has 0 radical (unpaired) electrons. The maximum absolute atomic E-state index is 13.8. The number of halogens is 4. The first kappa shape index (κ1) is 28.8. The van der Waals surface area contributed by atoms with Crippen molar-refractivity contribution in [1.29, 1.82) is 0 Å². The van der Waals surface area contributed by atoms with Crippen molar-refractivity contribution in [3.05, 3.63) is 83.6 Å². The van der Waals surface area contributed by atoms with Crippen molar-refractivity contribution in [2.24, 2.45) is 0 Å². The van der Waals surface area contributed by atoms with Gasteiger partial charge in [-0.25, -0.2) is 18.4 Å². The fraction of sp³-hybridized carbons (Fsp3) is 0.321. The molecular weight excluding hydrogens is 534 g/mol. The van der Waals surface area contributed by atoms with Crippen LogP contribution >= 0.6 is 0 Å². The summed E-state index contributed by atoms with van der Waals surface area (Å²) in [5, 5.41) is 10.0. The summed E-state index contributed by atoms with van der Waals surface area (Å²) in [7, 11) is 1.22. The van der Waals surface area contributed by atoms with Crippen LogP contribution in [0.4, 0.5) is 28.0 Å². The monoisotopic (exact) mass is 561 g/mol. The Morgan fingerprint density at radius 3 is 2.52 bits per heavy atom. The number of alkyl halides is 2. The van der Waals surface area contributed by atoms with Crippen molar-refractivity contribution in [2.45, 2.75) is 38.1 Å². The lowest BCUT2D eigenvalue weighted by atomic mass is 9.93. The molecule has 1 amide bonds. The Morgan fingerprint density at radius 1 is 1.12 bits per heavy atom. The molecule has 0 spiro atoms. The zero-order chi connectivity index (χ0) is 28.8. The Kier molecular flexibility index (Phi) is 9.20. The number of hydrogen-bond acceptors (Lipinski definition) is 6. The third kappa shape index (κ3) is 6.50. The molecule has 0 saturated carbocycles. The Hall–Kier alpha value is -4.19. The molecule has 2 unspecified atom stereocenters. The van der Waals surface area contributed by atoms with E-state index in [9.17, 15) is 32.3 Å². The van der Waals surface area contributed by atoms with Gasteiger partial charge in [0.15, 0.2) is 11.6 Å². The maximum Gasteiger partial charge on any atom is 0.410 e. The summed E-state index contributed by atoms with van der Waals surface area (Å²) >= 11 is 0. The van der Waals surface area contributed by atoms with E-state index in [0.717, 1.165) is 17.7 Å². The molecule has 12 heteroatoms. The fourth-order valence-corrected chi connectivity index (χ4v) is 4.95. The molecule has 0 aliphatic carbocycles. The highest BCUT2D eigenvalue weighted by Crippen LogP contribution is 2.34. The van der Waals surface area contributed by atoms with Gasteiger partial charge in [-0.1, -0.05) is 30.3 Å². The number of amides is 1. The third-order valence-corrected chi connectivity index (χ3v) is 6.78. The molecule has 40 heavy (non-hydrogen) atoms. The zero-order valence-corrected chi connectivity index (χ0v) is 21.5. The van der Waals surface area contributed by atoms with Crippen molar-refractivity contribution >= 4 is 17.7 Å². The molecule has 2 aromatic carbocycles. The lowest BCUT2D eigenvalue weighted by Gasteiger charge is -2.46. The van der Waals surface area contributed by atoms with E-state index in [0.29, 0.717) is 12.8 Å². The number of carbonyl (C=O) groups is 2. The van der Waals surface area contributed by atoms with Crippen molar-refractivity contribution in [2.75, 3.05) is 25.2 Å². The normalized spacial score (nSPS) is 17.1. The van der Waals surface area contributed by atoms with E-state index < -0.39 is 49.0 Å². The molecule has 1 fully saturated rings. The number of hydrogen-bond donors (Lipinski definition) is 1. The molecule has 3 aromatic rings. The number of piperidine rings is 1. The van der Waals surface area contributed by atoms with Gasteiger partial charge in [-0.2, -0.15) is 8.78 Å². The van der Waals surface area contributed by atoms with Crippen LogP contribution in [-0.4, -0.2) is 66.0 Å². The minimum Gasteiger partial charge on any atom is -0.478 e. The van der Waals surface area contributed by atoms with Crippen molar-refractivity contribution < 1.29 is 41.7 Å². The summed E-state index contributed by atoms with van der Waals surface area (Å²) in [6.45, 7) is -3.23. The van der Waals surface area contributed by atoms with Crippen LogP contribution < -0.4 is 4.90 Å². The van der Waals surface area contributed by atoms with E-state index in [1.165, 1.54) is 30.3 Å². The standard InChI is InChI=1S/C28H27F4N3O5/c1-39-28(38)35(15-17-6-3-2-4-7-17)23-8-5-11-34(25(23)16-40-27(31)32)24-14-33-22(13-19(24)26(36)37)18-9-10-20(29)21(30)12-18/h2-4,6-7,9-10,12-14,23,25,27H,5,8,11,15-16H2,1H3,(H,36,37). The van der Waals surface area contributed by atoms with Gasteiger partial charge in [0.05, 0.1) is 48.9 Å². The highest BCUT2D eigenvalue weighted by molar-refractivity contribution is 5.95. The number of benzene rings is 2. The number of carboxylic acid groups (broad SMARTS) is 1. The Balaban J connectivity index is 1.75. The van der Waals surface area contributed by atoms with Gasteiger partial charge >= 0.3 is 18.7 Å². The van der Waals surface area contributed by atoms with Gasteiger partial charge in [0, 0.05) is 18.7 Å². The maximum atomic E-state index is 13.8. The highest BCUT2D eigenvalue weighted by Gasteiger charge is 2.40. The summed E-state index contributed by atoms with van der Waals surface area (Å²) in [6, 6.07) is 11.7. The molecule has 1 aliphatic heterocycles. The zero-order valence-electron chi connectivity index (χ0n) is 21.5. The van der Waals surface area contributed by atoms with Crippen LogP contribution in [0, 0.1) is 11.6 Å². The van der Waals surface area contributed by atoms with Crippen molar-refractivity contribution in [3.8, 4) is 11.3 Å². The Labute approximate surface area is 227 Å². The minimum absolute atomic E-state index is 0.0780. The number of pyridine rings is 1. The number of anilines is 1. The van der Waals surface area contributed by atoms with Gasteiger partial charge in [-0.05, 0) is 42.7 Å². The van der Waals surface area contributed by atoms with Crippen LogP contribution in [-0.2, 0) is 16.0 Å². The van der Waals surface area contributed by atoms with E-state index in [1.807, 2.05) is 18.2 Å². The van der Waals surface area contributed by atoms with Gasteiger partial charge in [0.1, 0.15) is 0 Å². The Morgan fingerprint density at radius 2 is 1.88 bits per heavy atom. The van der Waals surface area contributed by atoms with Gasteiger partial charge < -0.3 is 19.5 Å². The third-order valence-electron chi connectivity index (χ3n) is 6.78. The highest BCUT2D eigenvalue weighted by atomic mass is 19.3. The second-order valence-electron chi connectivity index (χ2n) is 9.17. The fourth-order valence-electron chi connectivity index (χ4n) is 4.95. The minimum atomic E-state index is -3.10. The van der Waals surface area contributed by atoms with E-state index in [-0.39, 0.29) is 35.6 Å². The summed E-state index contributed by atoms with van der Waals surface area (Å²) in [5.41, 5.74) is 0.888. The lowest BCUT2D eigenvalue weighted by Crippen LogP contribution is -2.59. The number of aromatic nitrogens is 1. The molecule has 8 nitrogen and oxygen atoms in total. The Bertz CT molecular complexity index is 1340. The molecule has 1 aromatic heterocycles. The van der Waals surface area contributed by atoms with E-state index in [2.05, 4.69) is 4.98 Å². The molecule has 1 saturated heterocycles. The number of methoxy groups -OCH3 is 1. The van der Waals surface area contributed by atoms with E-state index in [4.69, 9.17) is 9.47 Å². The average molecular weight is 562 g/mol. The molecule has 212 valence electrons. The lowest BCUT2D eigenvalue weighted by molar-refractivity contribution is -0.136. The summed E-state index contributed by atoms with van der Waals surface area (Å²) < 4.78 is 63.4. The number of nitrogens with zero attached hydrogens (tertiary/aromatic N) is 3. The smallest absolute Gasteiger partial charge is 0.410 e. The number of rotatable bonds is 9. The number of ether oxygens (including phenoxy) is 2. The molecule has 4 rings (SSSR count). The largest absolute Gasteiger partial charge is 0.478 e. The van der Waals surface area contributed by atoms with Crippen molar-refractivity contribution in [1.82, 2.24) is 9.88 Å². The first-order valence-corrected chi connectivity index (χ1v) is 12.4. The number of carbonyl (C=O) groups excluding carboxylic acids is 1. The van der Waals surface area contributed by atoms with Crippen LogP contribution in [0.1, 0.15) is 28.8 Å². The predicted octanol–water partition coefficient (Wildman–Crippen LogP) is 5.57.